The summed E-state index contributed by atoms with van der Waals surface area (Å²) in [6.07, 6.45) is 1.92. The molecule has 0 saturated carbocycles. The van der Waals surface area contributed by atoms with Crippen LogP contribution in [0.5, 0.6) is 0 Å². The molecule has 19 heavy (non-hydrogen) atoms. The average Bonchev–Trinajstić information content (AvgIpc) is 2.67. The molecule has 0 aliphatic heterocycles. The van der Waals surface area contributed by atoms with Crippen molar-refractivity contribution in [2.24, 2.45) is 5.73 Å². The van der Waals surface area contributed by atoms with Crippen LogP contribution in [0.3, 0.4) is 0 Å². The van der Waals surface area contributed by atoms with Gasteiger partial charge in [0.2, 0.25) is 0 Å². The Labute approximate surface area is 115 Å². The van der Waals surface area contributed by atoms with Crippen LogP contribution in [0.2, 0.25) is 0 Å². The third-order valence-electron chi connectivity index (χ3n) is 3.70. The minimum Gasteiger partial charge on any atom is -0.327 e. The fourth-order valence-electron chi connectivity index (χ4n) is 2.35. The van der Waals surface area contributed by atoms with Crippen molar-refractivity contribution in [3.63, 3.8) is 0 Å². The smallest absolute Gasteiger partial charge is 0.0662 e. The SMILES string of the molecule is CCC(N)Cc1c(C)nn(Cc2ccccc2)c1C. The second kappa shape index (κ2) is 6.02. The summed E-state index contributed by atoms with van der Waals surface area (Å²) < 4.78 is 2.09. The zero-order valence-electron chi connectivity index (χ0n) is 12.1. The van der Waals surface area contributed by atoms with Gasteiger partial charge in [-0.05, 0) is 37.8 Å². The first-order valence-electron chi connectivity index (χ1n) is 6.94. The molecule has 3 heteroatoms. The summed E-state index contributed by atoms with van der Waals surface area (Å²) in [5.41, 5.74) is 11.0. The van der Waals surface area contributed by atoms with E-state index in [1.165, 1.54) is 16.8 Å². The molecule has 0 aliphatic carbocycles. The molecular formula is C16H23N3. The molecule has 1 atom stereocenters. The number of nitrogens with two attached hydrogens (primary N) is 1. The van der Waals surface area contributed by atoms with Crippen LogP contribution in [0.25, 0.3) is 0 Å². The number of nitrogens with zero attached hydrogens (tertiary/aromatic N) is 2. The van der Waals surface area contributed by atoms with Crippen molar-refractivity contribution < 1.29 is 0 Å². The minimum atomic E-state index is 0.228. The van der Waals surface area contributed by atoms with Crippen LogP contribution in [0.15, 0.2) is 30.3 Å². The van der Waals surface area contributed by atoms with Crippen LogP contribution >= 0.6 is 0 Å². The Bertz CT molecular complexity index is 528. The molecule has 0 radical (unpaired) electrons. The Balaban J connectivity index is 2.21. The highest BCUT2D eigenvalue weighted by molar-refractivity contribution is 5.27. The van der Waals surface area contributed by atoms with Crippen molar-refractivity contribution in [3.8, 4) is 0 Å². The van der Waals surface area contributed by atoms with Crippen molar-refractivity contribution >= 4 is 0 Å². The molecule has 2 N–H and O–H groups in total. The number of benzene rings is 1. The predicted octanol–water partition coefficient (Wildman–Crippen LogP) is 2.83. The van der Waals surface area contributed by atoms with Gasteiger partial charge >= 0.3 is 0 Å². The maximum atomic E-state index is 6.07. The van der Waals surface area contributed by atoms with Crippen molar-refractivity contribution in [3.05, 3.63) is 52.8 Å². The summed E-state index contributed by atoms with van der Waals surface area (Å²) >= 11 is 0. The Morgan fingerprint density at radius 3 is 2.53 bits per heavy atom. The first kappa shape index (κ1) is 13.8. The number of aryl methyl sites for hydroxylation is 1. The molecule has 0 saturated heterocycles. The normalized spacial score (nSPS) is 12.6. The van der Waals surface area contributed by atoms with E-state index in [2.05, 4.69) is 54.8 Å². The van der Waals surface area contributed by atoms with Gasteiger partial charge in [-0.25, -0.2) is 0 Å². The quantitative estimate of drug-likeness (QED) is 0.895. The van der Waals surface area contributed by atoms with Crippen molar-refractivity contribution in [1.82, 2.24) is 9.78 Å². The van der Waals surface area contributed by atoms with Crippen LogP contribution in [0.4, 0.5) is 0 Å². The molecule has 2 aromatic rings. The largest absolute Gasteiger partial charge is 0.327 e. The standard InChI is InChI=1S/C16H23N3/c1-4-15(17)10-16-12(2)18-19(13(16)3)11-14-8-6-5-7-9-14/h5-9,15H,4,10-11,17H2,1-3H3. The molecule has 3 nitrogen and oxygen atoms in total. The van der Waals surface area contributed by atoms with E-state index in [9.17, 15) is 0 Å². The highest BCUT2D eigenvalue weighted by Gasteiger charge is 2.13. The van der Waals surface area contributed by atoms with E-state index in [0.717, 1.165) is 25.1 Å². The van der Waals surface area contributed by atoms with E-state index >= 15 is 0 Å². The fraction of sp³-hybridized carbons (Fsp3) is 0.438. The Hall–Kier alpha value is -1.61. The number of hydrogen-bond donors (Lipinski definition) is 1. The molecule has 0 spiro atoms. The summed E-state index contributed by atoms with van der Waals surface area (Å²) in [6, 6.07) is 10.7. The van der Waals surface area contributed by atoms with Gasteiger partial charge in [0.15, 0.2) is 0 Å². The van der Waals surface area contributed by atoms with Gasteiger partial charge in [-0.2, -0.15) is 5.10 Å². The van der Waals surface area contributed by atoms with Gasteiger partial charge in [0.1, 0.15) is 0 Å². The zero-order valence-corrected chi connectivity index (χ0v) is 12.1. The van der Waals surface area contributed by atoms with Gasteiger partial charge in [0.05, 0.1) is 12.2 Å². The van der Waals surface area contributed by atoms with Crippen LogP contribution in [-0.2, 0) is 13.0 Å². The predicted molar refractivity (Wildman–Crippen MR) is 79.2 cm³/mol. The Morgan fingerprint density at radius 1 is 1.21 bits per heavy atom. The first-order chi connectivity index (χ1) is 9.11. The lowest BCUT2D eigenvalue weighted by atomic mass is 10.0. The Kier molecular flexibility index (Phi) is 4.38. The van der Waals surface area contributed by atoms with Crippen molar-refractivity contribution in [2.75, 3.05) is 0 Å². The van der Waals surface area contributed by atoms with Crippen LogP contribution in [0.1, 0.15) is 35.9 Å². The second-order valence-corrected chi connectivity index (χ2v) is 5.17. The first-order valence-corrected chi connectivity index (χ1v) is 6.94. The van der Waals surface area contributed by atoms with Crippen LogP contribution < -0.4 is 5.73 Å². The molecule has 1 aromatic carbocycles. The van der Waals surface area contributed by atoms with E-state index in [1.807, 2.05) is 6.07 Å². The third kappa shape index (κ3) is 3.24. The second-order valence-electron chi connectivity index (χ2n) is 5.17. The van der Waals surface area contributed by atoms with E-state index in [4.69, 9.17) is 5.73 Å². The molecule has 2 rings (SSSR count). The highest BCUT2D eigenvalue weighted by Crippen LogP contribution is 2.17. The summed E-state index contributed by atoms with van der Waals surface area (Å²) in [5, 5.41) is 4.65. The van der Waals surface area contributed by atoms with E-state index in [0.29, 0.717) is 0 Å². The number of rotatable bonds is 5. The molecule has 1 heterocycles. The lowest BCUT2D eigenvalue weighted by Gasteiger charge is -2.09. The van der Waals surface area contributed by atoms with Gasteiger partial charge in [-0.15, -0.1) is 0 Å². The molecule has 0 aliphatic rings. The van der Waals surface area contributed by atoms with Gasteiger partial charge in [-0.1, -0.05) is 37.3 Å². The number of hydrogen-bond acceptors (Lipinski definition) is 2. The molecule has 1 unspecified atom stereocenters. The van der Waals surface area contributed by atoms with Gasteiger partial charge in [0, 0.05) is 11.7 Å². The fourth-order valence-corrected chi connectivity index (χ4v) is 2.35. The topological polar surface area (TPSA) is 43.8 Å². The molecule has 0 amide bonds. The average molecular weight is 257 g/mol. The lowest BCUT2D eigenvalue weighted by molar-refractivity contribution is 0.636. The van der Waals surface area contributed by atoms with E-state index < -0.39 is 0 Å². The van der Waals surface area contributed by atoms with Gasteiger partial charge in [0.25, 0.3) is 0 Å². The third-order valence-corrected chi connectivity index (χ3v) is 3.70. The summed E-state index contributed by atoms with van der Waals surface area (Å²) in [5.74, 6) is 0. The Morgan fingerprint density at radius 2 is 1.89 bits per heavy atom. The maximum absolute atomic E-state index is 6.07. The summed E-state index contributed by atoms with van der Waals surface area (Å²) in [4.78, 5) is 0. The lowest BCUT2D eigenvalue weighted by Crippen LogP contribution is -2.22. The summed E-state index contributed by atoms with van der Waals surface area (Å²) in [7, 11) is 0. The van der Waals surface area contributed by atoms with Gasteiger partial charge in [-0.3, -0.25) is 4.68 Å². The van der Waals surface area contributed by atoms with E-state index in [-0.39, 0.29) is 6.04 Å². The maximum Gasteiger partial charge on any atom is 0.0662 e. The van der Waals surface area contributed by atoms with Crippen LogP contribution in [0, 0.1) is 13.8 Å². The molecule has 0 fully saturated rings. The molecule has 102 valence electrons. The molecule has 0 bridgehead atoms. The molecule has 1 aromatic heterocycles. The van der Waals surface area contributed by atoms with Crippen molar-refractivity contribution in [2.45, 2.75) is 46.2 Å². The highest BCUT2D eigenvalue weighted by atomic mass is 15.3. The zero-order chi connectivity index (χ0) is 13.8. The van der Waals surface area contributed by atoms with Crippen LogP contribution in [-0.4, -0.2) is 15.8 Å². The van der Waals surface area contributed by atoms with Gasteiger partial charge < -0.3 is 5.73 Å². The monoisotopic (exact) mass is 257 g/mol. The molecular weight excluding hydrogens is 234 g/mol. The number of aromatic nitrogens is 2. The van der Waals surface area contributed by atoms with E-state index in [1.54, 1.807) is 0 Å². The summed E-state index contributed by atoms with van der Waals surface area (Å²) in [6.45, 7) is 7.17. The van der Waals surface area contributed by atoms with Crippen molar-refractivity contribution in [1.29, 1.82) is 0 Å². The minimum absolute atomic E-state index is 0.228.